The van der Waals surface area contributed by atoms with Crippen LogP contribution in [0.2, 0.25) is 0 Å². The molecule has 0 heterocycles. The summed E-state index contributed by atoms with van der Waals surface area (Å²) in [4.78, 5) is 67.5. The summed E-state index contributed by atoms with van der Waals surface area (Å²) >= 11 is 0. The Balaban J connectivity index is 3.63. The van der Waals surface area contributed by atoms with E-state index in [0.717, 1.165) is 51.4 Å². The summed E-state index contributed by atoms with van der Waals surface area (Å²) < 4.78 is 9.41. The van der Waals surface area contributed by atoms with Crippen molar-refractivity contribution in [1.29, 1.82) is 0 Å². The third-order valence-corrected chi connectivity index (χ3v) is 5.26. The van der Waals surface area contributed by atoms with Crippen LogP contribution in [-0.2, 0) is 38.2 Å². The number of carbonyl (C=O) groups is 6. The van der Waals surface area contributed by atoms with Gasteiger partial charge < -0.3 is 19.7 Å². The van der Waals surface area contributed by atoms with Crippen LogP contribution in [0, 0.1) is 0 Å². The summed E-state index contributed by atoms with van der Waals surface area (Å²) in [5, 5.41) is 17.1. The van der Waals surface area contributed by atoms with Gasteiger partial charge in [-0.2, -0.15) is 0 Å². The molecule has 0 bridgehead atoms. The van der Waals surface area contributed by atoms with Crippen LogP contribution in [-0.4, -0.2) is 46.0 Å². The van der Waals surface area contributed by atoms with Gasteiger partial charge in [-0.15, -0.1) is 0 Å². The molecular weight excluding hydrogens is 460 g/mol. The van der Waals surface area contributed by atoms with Crippen molar-refractivity contribution in [3.05, 3.63) is 0 Å². The van der Waals surface area contributed by atoms with Crippen molar-refractivity contribution in [2.75, 3.05) is 0 Å². The highest BCUT2D eigenvalue weighted by molar-refractivity contribution is 5.87. The van der Waals surface area contributed by atoms with Crippen molar-refractivity contribution >= 4 is 35.8 Å². The Morgan fingerprint density at radius 3 is 0.857 bits per heavy atom. The summed E-state index contributed by atoms with van der Waals surface area (Å²) in [7, 11) is 0. The lowest BCUT2D eigenvalue weighted by molar-refractivity contribution is -0.159. The molecule has 35 heavy (non-hydrogen) atoms. The van der Waals surface area contributed by atoms with E-state index in [0.29, 0.717) is 25.7 Å². The zero-order valence-electron chi connectivity index (χ0n) is 20.6. The zero-order chi connectivity index (χ0) is 26.3. The van der Waals surface area contributed by atoms with E-state index in [9.17, 15) is 28.8 Å². The molecular formula is C25H40O10. The fraction of sp³-hybridized carbons (Fsp3) is 0.760. The average molecular weight is 501 g/mol. The second kappa shape index (κ2) is 21.7. The summed E-state index contributed by atoms with van der Waals surface area (Å²) in [6.07, 6.45) is 9.75. The van der Waals surface area contributed by atoms with E-state index in [-0.39, 0.29) is 44.9 Å². The standard InChI is InChI=1S/C25H40O10/c26-20(27)14-9-5-1-3-7-11-16-22(30)34-24(32)18-13-19-25(33)35-23(31)17-12-8-4-2-6-10-15-21(28)29/h1-19H2,(H,26,27)(H,28,29). The van der Waals surface area contributed by atoms with Gasteiger partial charge in [0.25, 0.3) is 0 Å². The van der Waals surface area contributed by atoms with Gasteiger partial charge in [0.15, 0.2) is 0 Å². The van der Waals surface area contributed by atoms with Crippen LogP contribution in [0.4, 0.5) is 0 Å². The SMILES string of the molecule is O=C(O)CCCCCCCCC(=O)OC(=O)CCCC(=O)OC(=O)CCCCCCCCC(=O)O. The molecule has 0 aliphatic rings. The fourth-order valence-electron chi connectivity index (χ4n) is 3.34. The maximum atomic E-state index is 11.7. The molecule has 0 aliphatic heterocycles. The lowest BCUT2D eigenvalue weighted by Crippen LogP contribution is -2.14. The first-order valence-electron chi connectivity index (χ1n) is 12.6. The van der Waals surface area contributed by atoms with Crippen LogP contribution in [0.15, 0.2) is 0 Å². The molecule has 0 unspecified atom stereocenters. The van der Waals surface area contributed by atoms with Gasteiger partial charge in [0, 0.05) is 38.5 Å². The molecule has 0 aliphatic carbocycles. The molecule has 0 rings (SSSR count). The molecule has 0 aromatic rings. The molecule has 0 aromatic heterocycles. The van der Waals surface area contributed by atoms with Gasteiger partial charge in [0.05, 0.1) is 0 Å². The van der Waals surface area contributed by atoms with E-state index in [4.69, 9.17) is 19.7 Å². The van der Waals surface area contributed by atoms with Crippen molar-refractivity contribution in [3.63, 3.8) is 0 Å². The summed E-state index contributed by atoms with van der Waals surface area (Å²) in [6.45, 7) is 0. The van der Waals surface area contributed by atoms with Crippen LogP contribution in [0.3, 0.4) is 0 Å². The average Bonchev–Trinajstić information content (AvgIpc) is 2.76. The maximum Gasteiger partial charge on any atom is 0.313 e. The molecule has 0 aromatic carbocycles. The number of rotatable bonds is 22. The number of esters is 4. The zero-order valence-corrected chi connectivity index (χ0v) is 20.6. The molecule has 0 spiro atoms. The molecule has 2 N–H and O–H groups in total. The predicted molar refractivity (Wildman–Crippen MR) is 125 cm³/mol. The highest BCUT2D eigenvalue weighted by Crippen LogP contribution is 2.11. The Hall–Kier alpha value is -2.78. The predicted octanol–water partition coefficient (Wildman–Crippen LogP) is 4.71. The molecule has 10 nitrogen and oxygen atoms in total. The quantitative estimate of drug-likeness (QED) is 0.121. The minimum Gasteiger partial charge on any atom is -0.481 e. The van der Waals surface area contributed by atoms with E-state index < -0.39 is 35.8 Å². The number of ether oxygens (including phenoxy) is 2. The van der Waals surface area contributed by atoms with Crippen LogP contribution < -0.4 is 0 Å². The number of carboxylic acids is 2. The topological polar surface area (TPSA) is 161 Å². The fourth-order valence-corrected chi connectivity index (χ4v) is 3.34. The highest BCUT2D eigenvalue weighted by atomic mass is 16.6. The molecule has 0 amide bonds. The lowest BCUT2D eigenvalue weighted by Gasteiger charge is -2.05. The first-order chi connectivity index (χ1) is 16.7. The molecule has 0 radical (unpaired) electrons. The van der Waals surface area contributed by atoms with Crippen LogP contribution in [0.5, 0.6) is 0 Å². The molecule has 0 saturated heterocycles. The van der Waals surface area contributed by atoms with E-state index in [2.05, 4.69) is 0 Å². The Labute approximate surface area is 206 Å². The van der Waals surface area contributed by atoms with Crippen molar-refractivity contribution in [1.82, 2.24) is 0 Å². The summed E-state index contributed by atoms with van der Waals surface area (Å²) in [5.41, 5.74) is 0. The van der Waals surface area contributed by atoms with Gasteiger partial charge in [0.1, 0.15) is 0 Å². The van der Waals surface area contributed by atoms with Gasteiger partial charge in [-0.25, -0.2) is 0 Å². The van der Waals surface area contributed by atoms with Crippen LogP contribution >= 0.6 is 0 Å². The second-order valence-corrected chi connectivity index (χ2v) is 8.58. The lowest BCUT2D eigenvalue weighted by atomic mass is 10.1. The first kappa shape index (κ1) is 32.2. The Bertz CT molecular complexity index is 615. The Morgan fingerprint density at radius 2 is 0.571 bits per heavy atom. The van der Waals surface area contributed by atoms with Gasteiger partial charge in [0.2, 0.25) is 0 Å². The van der Waals surface area contributed by atoms with Crippen molar-refractivity contribution in [2.45, 2.75) is 122 Å². The van der Waals surface area contributed by atoms with Gasteiger partial charge in [-0.1, -0.05) is 51.4 Å². The van der Waals surface area contributed by atoms with E-state index >= 15 is 0 Å². The monoisotopic (exact) mass is 500 g/mol. The second-order valence-electron chi connectivity index (χ2n) is 8.58. The van der Waals surface area contributed by atoms with Gasteiger partial charge in [-0.3, -0.25) is 28.8 Å². The summed E-state index contributed by atoms with van der Waals surface area (Å²) in [5.74, 6) is -4.25. The molecule has 0 fully saturated rings. The minimum absolute atomic E-state index is 0.116. The molecule has 0 atom stereocenters. The third-order valence-electron chi connectivity index (χ3n) is 5.26. The Kier molecular flexibility index (Phi) is 20.0. The number of carboxylic acid groups (broad SMARTS) is 2. The first-order valence-corrected chi connectivity index (χ1v) is 12.6. The molecule has 0 saturated carbocycles. The number of hydrogen-bond acceptors (Lipinski definition) is 8. The normalized spacial score (nSPS) is 10.5. The van der Waals surface area contributed by atoms with Crippen molar-refractivity contribution in [3.8, 4) is 0 Å². The number of hydrogen-bond donors (Lipinski definition) is 2. The summed E-state index contributed by atoms with van der Waals surface area (Å²) in [6, 6.07) is 0. The third kappa shape index (κ3) is 24.2. The van der Waals surface area contributed by atoms with Gasteiger partial charge in [-0.05, 0) is 32.1 Å². The smallest absolute Gasteiger partial charge is 0.313 e. The van der Waals surface area contributed by atoms with E-state index in [1.165, 1.54) is 0 Å². The minimum atomic E-state index is -0.797. The largest absolute Gasteiger partial charge is 0.481 e. The molecule has 10 heteroatoms. The number of aliphatic carboxylic acids is 2. The number of carbonyl (C=O) groups excluding carboxylic acids is 4. The maximum absolute atomic E-state index is 11.7. The van der Waals surface area contributed by atoms with Crippen LogP contribution in [0.1, 0.15) is 122 Å². The molecule has 200 valence electrons. The van der Waals surface area contributed by atoms with E-state index in [1.807, 2.05) is 0 Å². The van der Waals surface area contributed by atoms with Crippen LogP contribution in [0.25, 0.3) is 0 Å². The van der Waals surface area contributed by atoms with Gasteiger partial charge >= 0.3 is 35.8 Å². The number of unbranched alkanes of at least 4 members (excludes halogenated alkanes) is 10. The van der Waals surface area contributed by atoms with Crippen molar-refractivity contribution in [2.24, 2.45) is 0 Å². The van der Waals surface area contributed by atoms with E-state index in [1.54, 1.807) is 0 Å². The highest BCUT2D eigenvalue weighted by Gasteiger charge is 2.14. The Morgan fingerprint density at radius 1 is 0.343 bits per heavy atom. The van der Waals surface area contributed by atoms with Crippen molar-refractivity contribution < 1.29 is 48.5 Å².